The van der Waals surface area contributed by atoms with E-state index in [4.69, 9.17) is 9.47 Å². The lowest BCUT2D eigenvalue weighted by Crippen LogP contribution is -2.50. The number of hydrogen-bond acceptors (Lipinski definition) is 4. The number of hydrogen-bond donors (Lipinski definition) is 2. The monoisotopic (exact) mass is 341 g/mol. The molecule has 132 valence electrons. The van der Waals surface area contributed by atoms with Gasteiger partial charge in [0.05, 0.1) is 12.6 Å². The minimum atomic E-state index is -0.808. The van der Waals surface area contributed by atoms with Gasteiger partial charge in [0, 0.05) is 0 Å². The molecule has 5 heteroatoms. The van der Waals surface area contributed by atoms with E-state index in [0.29, 0.717) is 13.0 Å². The van der Waals surface area contributed by atoms with Crippen LogP contribution in [-0.4, -0.2) is 35.6 Å². The number of aliphatic hydroxyl groups is 1. The largest absolute Gasteiger partial charge is 0.445 e. The van der Waals surface area contributed by atoms with Gasteiger partial charge in [0.25, 0.3) is 0 Å². The Morgan fingerprint density at radius 3 is 2.28 bits per heavy atom. The number of alkyl carbamates (subject to hydrolysis) is 1. The number of rotatable bonds is 7. The van der Waals surface area contributed by atoms with Gasteiger partial charge < -0.3 is 19.9 Å². The fraction of sp³-hybridized carbons (Fsp3) is 0.350. The van der Waals surface area contributed by atoms with Crippen LogP contribution in [-0.2, 0) is 22.5 Å². The lowest BCUT2D eigenvalue weighted by molar-refractivity contribution is 0.0469. The van der Waals surface area contributed by atoms with Crippen LogP contribution in [0.5, 0.6) is 0 Å². The van der Waals surface area contributed by atoms with Gasteiger partial charge in [-0.25, -0.2) is 4.79 Å². The predicted molar refractivity (Wildman–Crippen MR) is 94.1 cm³/mol. The molecule has 0 saturated carbocycles. The summed E-state index contributed by atoms with van der Waals surface area (Å²) in [5.41, 5.74) is 1.33. The molecule has 1 unspecified atom stereocenters. The quantitative estimate of drug-likeness (QED) is 0.760. The van der Waals surface area contributed by atoms with Crippen molar-refractivity contribution >= 4 is 6.09 Å². The molecule has 1 heterocycles. The molecule has 1 aliphatic rings. The van der Waals surface area contributed by atoms with Crippen molar-refractivity contribution < 1.29 is 19.4 Å². The van der Waals surface area contributed by atoms with E-state index in [2.05, 4.69) is 5.32 Å². The number of epoxide rings is 1. The summed E-state index contributed by atoms with van der Waals surface area (Å²) in [6.07, 6.45) is -0.855. The average molecular weight is 341 g/mol. The van der Waals surface area contributed by atoms with Gasteiger partial charge in [-0.1, -0.05) is 60.7 Å². The van der Waals surface area contributed by atoms with Crippen molar-refractivity contribution in [2.75, 3.05) is 6.61 Å². The maximum Gasteiger partial charge on any atom is 0.407 e. The van der Waals surface area contributed by atoms with Crippen LogP contribution in [0.2, 0.25) is 0 Å². The molecule has 2 aromatic carbocycles. The number of amides is 1. The van der Waals surface area contributed by atoms with Gasteiger partial charge >= 0.3 is 6.09 Å². The van der Waals surface area contributed by atoms with Gasteiger partial charge in [-0.15, -0.1) is 0 Å². The third-order valence-corrected chi connectivity index (χ3v) is 4.42. The smallest absolute Gasteiger partial charge is 0.407 e. The van der Waals surface area contributed by atoms with Crippen LogP contribution in [0.3, 0.4) is 0 Å². The molecule has 5 nitrogen and oxygen atoms in total. The maximum atomic E-state index is 12.2. The summed E-state index contributed by atoms with van der Waals surface area (Å²) in [5, 5.41) is 13.4. The first-order valence-corrected chi connectivity index (χ1v) is 8.40. The molecule has 0 spiro atoms. The molecule has 1 saturated heterocycles. The van der Waals surface area contributed by atoms with E-state index in [0.717, 1.165) is 11.1 Å². The van der Waals surface area contributed by atoms with Crippen LogP contribution < -0.4 is 5.32 Å². The molecule has 0 aromatic heterocycles. The Morgan fingerprint density at radius 1 is 1.16 bits per heavy atom. The van der Waals surface area contributed by atoms with Crippen molar-refractivity contribution in [3.05, 3.63) is 71.8 Å². The SMILES string of the molecule is CC1([C@H](O)[C@H](Cc2ccccc2)NC(=O)OCc2ccccc2)CO1. The van der Waals surface area contributed by atoms with E-state index in [1.54, 1.807) is 0 Å². The van der Waals surface area contributed by atoms with Gasteiger partial charge in [-0.2, -0.15) is 0 Å². The highest BCUT2D eigenvalue weighted by molar-refractivity contribution is 5.67. The molecule has 25 heavy (non-hydrogen) atoms. The number of nitrogens with one attached hydrogen (secondary N) is 1. The molecule has 1 aliphatic heterocycles. The molecule has 0 bridgehead atoms. The first kappa shape index (κ1) is 17.5. The second kappa shape index (κ2) is 7.68. The lowest BCUT2D eigenvalue weighted by Gasteiger charge is -2.26. The molecule has 2 aromatic rings. The maximum absolute atomic E-state index is 12.2. The Bertz CT molecular complexity index is 685. The zero-order chi connectivity index (χ0) is 17.7. The highest BCUT2D eigenvalue weighted by Crippen LogP contribution is 2.32. The van der Waals surface area contributed by atoms with Crippen molar-refractivity contribution in [1.82, 2.24) is 5.32 Å². The highest BCUT2D eigenvalue weighted by atomic mass is 16.6. The normalized spacial score (nSPS) is 21.2. The summed E-state index contributed by atoms with van der Waals surface area (Å²) in [7, 11) is 0. The molecule has 2 N–H and O–H groups in total. The summed E-state index contributed by atoms with van der Waals surface area (Å²) >= 11 is 0. The Hall–Kier alpha value is -2.37. The van der Waals surface area contributed by atoms with Crippen LogP contribution >= 0.6 is 0 Å². The third kappa shape index (κ3) is 4.81. The van der Waals surface area contributed by atoms with E-state index in [1.807, 2.05) is 67.6 Å². The Balaban J connectivity index is 1.61. The van der Waals surface area contributed by atoms with E-state index < -0.39 is 23.8 Å². The first-order chi connectivity index (χ1) is 12.1. The number of carbonyl (C=O) groups is 1. The lowest BCUT2D eigenvalue weighted by atomic mass is 9.93. The van der Waals surface area contributed by atoms with Crippen LogP contribution in [0, 0.1) is 0 Å². The van der Waals surface area contributed by atoms with Crippen molar-refractivity contribution in [3.63, 3.8) is 0 Å². The van der Waals surface area contributed by atoms with Crippen molar-refractivity contribution in [3.8, 4) is 0 Å². The molecular weight excluding hydrogens is 318 g/mol. The van der Waals surface area contributed by atoms with Gasteiger partial charge in [0.1, 0.15) is 18.3 Å². The molecule has 3 rings (SSSR count). The van der Waals surface area contributed by atoms with Crippen LogP contribution in [0.25, 0.3) is 0 Å². The fourth-order valence-electron chi connectivity index (χ4n) is 2.74. The summed E-state index contributed by atoms with van der Waals surface area (Å²) in [6.45, 7) is 2.52. The minimum Gasteiger partial charge on any atom is -0.445 e. The molecular formula is C20H23NO4. The Morgan fingerprint density at radius 2 is 1.72 bits per heavy atom. The van der Waals surface area contributed by atoms with Gasteiger partial charge in [-0.05, 0) is 24.5 Å². The first-order valence-electron chi connectivity index (χ1n) is 8.40. The topological polar surface area (TPSA) is 71.1 Å². The van der Waals surface area contributed by atoms with Gasteiger partial charge in [0.15, 0.2) is 0 Å². The standard InChI is InChI=1S/C20H23NO4/c1-20(14-25-20)18(22)17(12-15-8-4-2-5-9-15)21-19(23)24-13-16-10-6-3-7-11-16/h2-11,17-18,22H,12-14H2,1H3,(H,21,23)/t17-,18+,20?/m0/s1. The highest BCUT2D eigenvalue weighted by Gasteiger charge is 2.50. The van der Waals surface area contributed by atoms with Crippen molar-refractivity contribution in [1.29, 1.82) is 0 Å². The molecule has 1 amide bonds. The second-order valence-corrected chi connectivity index (χ2v) is 6.55. The molecule has 0 radical (unpaired) electrons. The van der Waals surface area contributed by atoms with Crippen LogP contribution in [0.1, 0.15) is 18.1 Å². The van der Waals surface area contributed by atoms with E-state index in [9.17, 15) is 9.90 Å². The Kier molecular flexibility index (Phi) is 5.36. The molecule has 0 aliphatic carbocycles. The summed E-state index contributed by atoms with van der Waals surface area (Å²) in [4.78, 5) is 12.2. The predicted octanol–water partition coefficient (Wildman–Crippen LogP) is 2.67. The van der Waals surface area contributed by atoms with Gasteiger partial charge in [-0.3, -0.25) is 0 Å². The number of aliphatic hydroxyl groups excluding tert-OH is 1. The average Bonchev–Trinajstić information content (AvgIpc) is 3.39. The zero-order valence-corrected chi connectivity index (χ0v) is 14.2. The van der Waals surface area contributed by atoms with Crippen LogP contribution in [0.4, 0.5) is 4.79 Å². The van der Waals surface area contributed by atoms with Crippen LogP contribution in [0.15, 0.2) is 60.7 Å². The number of ether oxygens (including phenoxy) is 2. The second-order valence-electron chi connectivity index (χ2n) is 6.55. The minimum absolute atomic E-state index is 0.189. The van der Waals surface area contributed by atoms with Crippen molar-refractivity contribution in [2.24, 2.45) is 0 Å². The summed E-state index contributed by atoms with van der Waals surface area (Å²) in [5.74, 6) is 0. The molecule has 3 atom stereocenters. The van der Waals surface area contributed by atoms with Gasteiger partial charge in [0.2, 0.25) is 0 Å². The summed E-state index contributed by atoms with van der Waals surface area (Å²) < 4.78 is 10.6. The zero-order valence-electron chi connectivity index (χ0n) is 14.2. The number of carbonyl (C=O) groups excluding carboxylic acids is 1. The van der Waals surface area contributed by atoms with E-state index in [-0.39, 0.29) is 6.61 Å². The van der Waals surface area contributed by atoms with Crippen molar-refractivity contribution in [2.45, 2.75) is 37.7 Å². The summed E-state index contributed by atoms with van der Waals surface area (Å²) in [6, 6.07) is 18.7. The Labute approximate surface area is 147 Å². The van der Waals surface area contributed by atoms with E-state index >= 15 is 0 Å². The van der Waals surface area contributed by atoms with E-state index in [1.165, 1.54) is 0 Å². The third-order valence-electron chi connectivity index (χ3n) is 4.42. The molecule has 1 fully saturated rings. The fourth-order valence-corrected chi connectivity index (χ4v) is 2.74. The number of benzene rings is 2.